The zero-order valence-corrected chi connectivity index (χ0v) is 13.3. The number of nitrogens with one attached hydrogen (secondary N) is 2. The number of benzene rings is 1. The van der Waals surface area contributed by atoms with Crippen LogP contribution in [0.4, 0.5) is 10.2 Å². The minimum atomic E-state index is -0.323. The van der Waals surface area contributed by atoms with E-state index >= 15 is 0 Å². The average Bonchev–Trinajstić information content (AvgIpc) is 2.94. The van der Waals surface area contributed by atoms with Crippen LogP contribution in [-0.4, -0.2) is 33.4 Å². The molecule has 0 atom stereocenters. The highest BCUT2D eigenvalue weighted by molar-refractivity contribution is 5.78. The maximum absolute atomic E-state index is 13.6. The lowest BCUT2D eigenvalue weighted by Gasteiger charge is -2.09. The monoisotopic (exact) mass is 327 g/mol. The third kappa shape index (κ3) is 3.34. The zero-order valence-electron chi connectivity index (χ0n) is 13.3. The van der Waals surface area contributed by atoms with Crippen molar-refractivity contribution in [1.29, 1.82) is 0 Å². The summed E-state index contributed by atoms with van der Waals surface area (Å²) >= 11 is 0. The number of hydrogen-bond donors (Lipinski definition) is 2. The molecule has 7 heteroatoms. The topological polar surface area (TPSA) is 71.3 Å². The van der Waals surface area contributed by atoms with Crippen molar-refractivity contribution in [3.63, 3.8) is 0 Å². The molecule has 6 nitrogen and oxygen atoms in total. The number of anilines is 1. The van der Waals surface area contributed by atoms with E-state index in [1.165, 1.54) is 12.1 Å². The molecule has 3 rings (SSSR count). The summed E-state index contributed by atoms with van der Waals surface area (Å²) in [5.74, 6) is 0.367. The normalized spacial score (nSPS) is 10.8. The van der Waals surface area contributed by atoms with Crippen LogP contribution in [0.3, 0.4) is 0 Å². The Kier molecular flexibility index (Phi) is 4.69. The van der Waals surface area contributed by atoms with E-state index in [9.17, 15) is 9.18 Å². The molecule has 124 valence electrons. The molecule has 0 saturated heterocycles. The van der Waals surface area contributed by atoms with Crippen LogP contribution in [0, 0.1) is 5.82 Å². The van der Waals surface area contributed by atoms with Crippen LogP contribution in [0.25, 0.3) is 16.9 Å². The van der Waals surface area contributed by atoms with Crippen LogP contribution in [0.2, 0.25) is 0 Å². The van der Waals surface area contributed by atoms with E-state index in [-0.39, 0.29) is 11.7 Å². The predicted octanol–water partition coefficient (Wildman–Crippen LogP) is 2.47. The van der Waals surface area contributed by atoms with Crippen molar-refractivity contribution in [3.8, 4) is 11.3 Å². The summed E-state index contributed by atoms with van der Waals surface area (Å²) in [5, 5.41) is 5.99. The third-order valence-electron chi connectivity index (χ3n) is 3.55. The predicted molar refractivity (Wildman–Crippen MR) is 90.2 cm³/mol. The first-order chi connectivity index (χ1) is 11.7. The molecule has 1 amide bonds. The van der Waals surface area contributed by atoms with Gasteiger partial charge in [0.25, 0.3) is 0 Å². The highest BCUT2D eigenvalue weighted by Crippen LogP contribution is 2.28. The summed E-state index contributed by atoms with van der Waals surface area (Å²) in [6.07, 6.45) is 5.41. The number of halogens is 1. The molecule has 24 heavy (non-hydrogen) atoms. The molecule has 0 aliphatic rings. The largest absolute Gasteiger partial charge is 0.369 e. The Morgan fingerprint density at radius 3 is 3.04 bits per heavy atom. The molecule has 0 saturated carbocycles. The number of fused-ring (bicyclic) bond motifs is 1. The van der Waals surface area contributed by atoms with E-state index in [1.54, 1.807) is 30.7 Å². The number of nitrogens with zero attached hydrogens (tertiary/aromatic N) is 3. The second-order valence-electron chi connectivity index (χ2n) is 5.25. The molecule has 2 aromatic heterocycles. The first-order valence-electron chi connectivity index (χ1n) is 7.77. The van der Waals surface area contributed by atoms with Gasteiger partial charge in [-0.05, 0) is 19.1 Å². The lowest BCUT2D eigenvalue weighted by atomic mass is 10.1. The van der Waals surface area contributed by atoms with Crippen LogP contribution in [0.5, 0.6) is 0 Å². The summed E-state index contributed by atoms with van der Waals surface area (Å²) < 4.78 is 15.4. The van der Waals surface area contributed by atoms with Gasteiger partial charge in [-0.2, -0.15) is 0 Å². The van der Waals surface area contributed by atoms with Crippen molar-refractivity contribution >= 4 is 17.4 Å². The Morgan fingerprint density at radius 1 is 1.38 bits per heavy atom. The van der Waals surface area contributed by atoms with Crippen molar-refractivity contribution in [2.45, 2.75) is 13.3 Å². The first kappa shape index (κ1) is 15.9. The Hall–Kier alpha value is -2.96. The fourth-order valence-corrected chi connectivity index (χ4v) is 2.49. The lowest BCUT2D eigenvalue weighted by molar-refractivity contribution is -0.120. The van der Waals surface area contributed by atoms with Crippen LogP contribution in [-0.2, 0) is 4.79 Å². The molecule has 0 spiro atoms. The van der Waals surface area contributed by atoms with E-state index < -0.39 is 0 Å². The molecule has 0 radical (unpaired) electrons. The van der Waals surface area contributed by atoms with Crippen molar-refractivity contribution in [2.24, 2.45) is 0 Å². The highest BCUT2D eigenvalue weighted by atomic mass is 19.1. The molecule has 0 unspecified atom stereocenters. The van der Waals surface area contributed by atoms with Gasteiger partial charge >= 0.3 is 0 Å². The molecule has 2 heterocycles. The Morgan fingerprint density at radius 2 is 2.25 bits per heavy atom. The fourth-order valence-electron chi connectivity index (χ4n) is 2.49. The number of hydrogen-bond acceptors (Lipinski definition) is 4. The van der Waals surface area contributed by atoms with Gasteiger partial charge in [0, 0.05) is 37.5 Å². The van der Waals surface area contributed by atoms with Gasteiger partial charge in [-0.15, -0.1) is 0 Å². The molecule has 2 N–H and O–H groups in total. The van der Waals surface area contributed by atoms with Gasteiger partial charge in [-0.1, -0.05) is 12.1 Å². The summed E-state index contributed by atoms with van der Waals surface area (Å²) in [4.78, 5) is 20.2. The molecule has 0 aliphatic carbocycles. The molecular formula is C17H18FN5O. The van der Waals surface area contributed by atoms with Crippen molar-refractivity contribution in [2.75, 3.05) is 18.4 Å². The minimum absolute atomic E-state index is 0.0206. The second-order valence-corrected chi connectivity index (χ2v) is 5.25. The first-order valence-corrected chi connectivity index (χ1v) is 7.77. The minimum Gasteiger partial charge on any atom is -0.369 e. The van der Waals surface area contributed by atoms with E-state index in [1.807, 2.05) is 11.3 Å². The standard InChI is InChI=1S/C17H18FN5O/c1-2-20-15(24)6-7-21-17-16(12-4-3-5-13(18)10-12)22-14-11-19-8-9-23(14)17/h3-5,8-11,21H,2,6-7H2,1H3,(H,20,24). The third-order valence-corrected chi connectivity index (χ3v) is 3.55. The van der Waals surface area contributed by atoms with E-state index in [4.69, 9.17) is 0 Å². The van der Waals surface area contributed by atoms with Crippen LogP contribution < -0.4 is 10.6 Å². The summed E-state index contributed by atoms with van der Waals surface area (Å²) in [6, 6.07) is 6.27. The van der Waals surface area contributed by atoms with Gasteiger partial charge in [-0.25, -0.2) is 9.37 Å². The fraction of sp³-hybridized carbons (Fsp3) is 0.235. The molecule has 3 aromatic rings. The van der Waals surface area contributed by atoms with Crippen LogP contribution in [0.1, 0.15) is 13.3 Å². The van der Waals surface area contributed by atoms with Gasteiger partial charge in [0.05, 0.1) is 6.20 Å². The number of rotatable bonds is 6. The van der Waals surface area contributed by atoms with Gasteiger partial charge in [-0.3, -0.25) is 14.2 Å². The maximum atomic E-state index is 13.6. The number of amides is 1. The zero-order chi connectivity index (χ0) is 16.9. The second kappa shape index (κ2) is 7.08. The smallest absolute Gasteiger partial charge is 0.221 e. The highest BCUT2D eigenvalue weighted by Gasteiger charge is 2.14. The van der Waals surface area contributed by atoms with Crippen molar-refractivity contribution in [3.05, 3.63) is 48.7 Å². The molecule has 0 bridgehead atoms. The number of imidazole rings is 1. The van der Waals surface area contributed by atoms with Crippen molar-refractivity contribution < 1.29 is 9.18 Å². The van der Waals surface area contributed by atoms with E-state index in [0.29, 0.717) is 42.2 Å². The van der Waals surface area contributed by atoms with E-state index in [0.717, 1.165) is 0 Å². The van der Waals surface area contributed by atoms with Crippen molar-refractivity contribution in [1.82, 2.24) is 19.7 Å². The Balaban J connectivity index is 1.92. The van der Waals surface area contributed by atoms with Crippen LogP contribution in [0.15, 0.2) is 42.9 Å². The lowest BCUT2D eigenvalue weighted by Crippen LogP contribution is -2.25. The SMILES string of the molecule is CCNC(=O)CCNc1c(-c2cccc(F)c2)nc2cnccn12. The van der Waals surface area contributed by atoms with Crippen LogP contribution >= 0.6 is 0 Å². The van der Waals surface area contributed by atoms with Gasteiger partial charge in [0.2, 0.25) is 5.91 Å². The number of carbonyl (C=O) groups is 1. The van der Waals surface area contributed by atoms with Gasteiger partial charge in [0.15, 0.2) is 5.65 Å². The molecular weight excluding hydrogens is 309 g/mol. The molecule has 1 aromatic carbocycles. The number of carbonyl (C=O) groups excluding carboxylic acids is 1. The van der Waals surface area contributed by atoms with Gasteiger partial charge < -0.3 is 10.6 Å². The number of aromatic nitrogens is 3. The maximum Gasteiger partial charge on any atom is 0.221 e. The average molecular weight is 327 g/mol. The Bertz CT molecular complexity index is 861. The summed E-state index contributed by atoms with van der Waals surface area (Å²) in [6.45, 7) is 2.93. The van der Waals surface area contributed by atoms with Gasteiger partial charge in [0.1, 0.15) is 17.3 Å². The molecule has 0 aliphatic heterocycles. The quantitative estimate of drug-likeness (QED) is 0.730. The summed E-state index contributed by atoms with van der Waals surface area (Å²) in [7, 11) is 0. The van der Waals surface area contributed by atoms with E-state index in [2.05, 4.69) is 20.6 Å². The summed E-state index contributed by atoms with van der Waals surface area (Å²) in [5.41, 5.74) is 1.94. The molecule has 0 fully saturated rings. The Labute approximate surface area is 138 Å².